The minimum Gasteiger partial charge on any atom is -0.381 e. The van der Waals surface area contributed by atoms with E-state index in [2.05, 4.69) is 34.3 Å². The molecule has 0 spiro atoms. The summed E-state index contributed by atoms with van der Waals surface area (Å²) in [6.45, 7) is 2.06. The molecule has 0 saturated carbocycles. The molecule has 4 nitrogen and oxygen atoms in total. The fraction of sp³-hybridized carbons (Fsp3) is 0.167. The molecule has 1 unspecified atom stereocenters. The first kappa shape index (κ1) is 10.4. The van der Waals surface area contributed by atoms with E-state index in [9.17, 15) is 0 Å². The fourth-order valence-corrected chi connectivity index (χ4v) is 1.49. The quantitative estimate of drug-likeness (QED) is 0.822. The first-order valence-corrected chi connectivity index (χ1v) is 5.15. The number of nitrogens with zero attached hydrogens (tertiary/aromatic N) is 2. The molecule has 16 heavy (non-hydrogen) atoms. The highest BCUT2D eigenvalue weighted by Gasteiger charge is 2.07. The largest absolute Gasteiger partial charge is 0.381 e. The average Bonchev–Trinajstić information content (AvgIpc) is 2.33. The minimum atomic E-state index is 0.153. The monoisotopic (exact) mass is 214 g/mol. The van der Waals surface area contributed by atoms with E-state index in [-0.39, 0.29) is 6.04 Å². The average molecular weight is 214 g/mol. The summed E-state index contributed by atoms with van der Waals surface area (Å²) >= 11 is 0. The minimum absolute atomic E-state index is 0.153. The van der Waals surface area contributed by atoms with Gasteiger partial charge in [-0.1, -0.05) is 30.3 Å². The number of anilines is 2. The molecule has 0 aliphatic rings. The van der Waals surface area contributed by atoms with Gasteiger partial charge >= 0.3 is 0 Å². The van der Waals surface area contributed by atoms with Gasteiger partial charge in [-0.05, 0) is 12.5 Å². The summed E-state index contributed by atoms with van der Waals surface area (Å²) in [6.07, 6.45) is 3.20. The van der Waals surface area contributed by atoms with Crippen LogP contribution in [0.5, 0.6) is 0 Å². The van der Waals surface area contributed by atoms with Crippen molar-refractivity contribution in [3.63, 3.8) is 0 Å². The normalized spacial score (nSPS) is 12.1. The first-order chi connectivity index (χ1) is 7.77. The number of nitrogen functional groups attached to an aromatic ring is 1. The van der Waals surface area contributed by atoms with E-state index < -0.39 is 0 Å². The third-order valence-electron chi connectivity index (χ3n) is 2.38. The van der Waals surface area contributed by atoms with Gasteiger partial charge in [-0.25, -0.2) is 9.97 Å². The van der Waals surface area contributed by atoms with E-state index in [4.69, 9.17) is 5.73 Å². The van der Waals surface area contributed by atoms with Crippen molar-refractivity contribution in [2.45, 2.75) is 13.0 Å². The highest BCUT2D eigenvalue weighted by Crippen LogP contribution is 2.19. The second-order valence-electron chi connectivity index (χ2n) is 3.57. The molecular weight excluding hydrogens is 200 g/mol. The Bertz CT molecular complexity index is 456. The van der Waals surface area contributed by atoms with Gasteiger partial charge in [0.15, 0.2) is 11.6 Å². The van der Waals surface area contributed by atoms with E-state index in [0.29, 0.717) is 11.6 Å². The van der Waals surface area contributed by atoms with Gasteiger partial charge in [0.2, 0.25) is 0 Å². The number of nitrogens with one attached hydrogen (secondary N) is 1. The van der Waals surface area contributed by atoms with Crippen molar-refractivity contribution < 1.29 is 0 Å². The van der Waals surface area contributed by atoms with E-state index in [0.717, 1.165) is 0 Å². The van der Waals surface area contributed by atoms with E-state index in [1.165, 1.54) is 5.56 Å². The molecule has 82 valence electrons. The van der Waals surface area contributed by atoms with Crippen molar-refractivity contribution >= 4 is 11.6 Å². The Hall–Kier alpha value is -2.10. The molecule has 1 heterocycles. The highest BCUT2D eigenvalue weighted by molar-refractivity contribution is 5.56. The third-order valence-corrected chi connectivity index (χ3v) is 2.38. The summed E-state index contributed by atoms with van der Waals surface area (Å²) in [6, 6.07) is 10.3. The zero-order valence-corrected chi connectivity index (χ0v) is 9.09. The Labute approximate surface area is 94.5 Å². The predicted octanol–water partition coefficient (Wildman–Crippen LogP) is 2.23. The summed E-state index contributed by atoms with van der Waals surface area (Å²) in [5.74, 6) is 1.05. The zero-order valence-electron chi connectivity index (χ0n) is 9.09. The van der Waals surface area contributed by atoms with Gasteiger partial charge in [-0.2, -0.15) is 0 Å². The maximum absolute atomic E-state index is 5.71. The summed E-state index contributed by atoms with van der Waals surface area (Å²) in [4.78, 5) is 8.12. The van der Waals surface area contributed by atoms with E-state index in [1.807, 2.05) is 18.2 Å². The molecule has 1 aromatic heterocycles. The van der Waals surface area contributed by atoms with Gasteiger partial charge in [-0.15, -0.1) is 0 Å². The van der Waals surface area contributed by atoms with Crippen LogP contribution in [0.2, 0.25) is 0 Å². The van der Waals surface area contributed by atoms with Gasteiger partial charge in [-0.3, -0.25) is 0 Å². The van der Waals surface area contributed by atoms with Crippen LogP contribution in [0, 0.1) is 0 Å². The lowest BCUT2D eigenvalue weighted by Crippen LogP contribution is -2.10. The van der Waals surface area contributed by atoms with Crippen LogP contribution in [0.4, 0.5) is 11.6 Å². The van der Waals surface area contributed by atoms with Crippen molar-refractivity contribution in [2.75, 3.05) is 11.1 Å². The fourth-order valence-electron chi connectivity index (χ4n) is 1.49. The summed E-state index contributed by atoms with van der Waals surface area (Å²) < 4.78 is 0. The van der Waals surface area contributed by atoms with Crippen LogP contribution in [-0.2, 0) is 0 Å². The predicted molar refractivity (Wildman–Crippen MR) is 64.9 cm³/mol. The molecule has 0 fully saturated rings. The molecule has 3 N–H and O–H groups in total. The van der Waals surface area contributed by atoms with Crippen molar-refractivity contribution in [1.29, 1.82) is 0 Å². The zero-order chi connectivity index (χ0) is 11.4. The number of hydrogen-bond acceptors (Lipinski definition) is 4. The lowest BCUT2D eigenvalue weighted by Gasteiger charge is -2.15. The standard InChI is InChI=1S/C12H14N4/c1-9(10-5-3-2-4-6-10)16-12-11(13)14-7-8-15-12/h2-9H,1H3,(H2,13,14)(H,15,16). The molecule has 0 bridgehead atoms. The Balaban J connectivity index is 2.14. The van der Waals surface area contributed by atoms with Crippen LogP contribution < -0.4 is 11.1 Å². The lowest BCUT2D eigenvalue weighted by atomic mass is 10.1. The molecule has 1 atom stereocenters. The smallest absolute Gasteiger partial charge is 0.169 e. The van der Waals surface area contributed by atoms with Gasteiger partial charge in [0, 0.05) is 12.4 Å². The number of nitrogens with two attached hydrogens (primary N) is 1. The molecule has 0 aliphatic carbocycles. The molecule has 2 aromatic rings. The maximum atomic E-state index is 5.71. The molecule has 0 saturated heterocycles. The summed E-state index contributed by atoms with van der Waals surface area (Å²) in [5.41, 5.74) is 6.90. The van der Waals surface area contributed by atoms with Crippen LogP contribution in [0.1, 0.15) is 18.5 Å². The van der Waals surface area contributed by atoms with E-state index in [1.54, 1.807) is 12.4 Å². The number of rotatable bonds is 3. The number of hydrogen-bond donors (Lipinski definition) is 2. The number of aromatic nitrogens is 2. The van der Waals surface area contributed by atoms with Gasteiger partial charge in [0.1, 0.15) is 0 Å². The van der Waals surface area contributed by atoms with Crippen LogP contribution in [0.3, 0.4) is 0 Å². The second-order valence-corrected chi connectivity index (χ2v) is 3.57. The van der Waals surface area contributed by atoms with Gasteiger partial charge in [0.05, 0.1) is 6.04 Å². The Morgan fingerprint density at radius 3 is 2.50 bits per heavy atom. The van der Waals surface area contributed by atoms with E-state index >= 15 is 0 Å². The Morgan fingerprint density at radius 2 is 1.81 bits per heavy atom. The van der Waals surface area contributed by atoms with Crippen molar-refractivity contribution in [1.82, 2.24) is 9.97 Å². The highest BCUT2D eigenvalue weighted by atomic mass is 15.1. The molecule has 0 radical (unpaired) electrons. The second kappa shape index (κ2) is 4.61. The Morgan fingerprint density at radius 1 is 1.12 bits per heavy atom. The van der Waals surface area contributed by atoms with Crippen LogP contribution >= 0.6 is 0 Å². The first-order valence-electron chi connectivity index (χ1n) is 5.15. The molecular formula is C12H14N4. The van der Waals surface area contributed by atoms with Crippen LogP contribution in [0.15, 0.2) is 42.7 Å². The van der Waals surface area contributed by atoms with Gasteiger partial charge in [0.25, 0.3) is 0 Å². The summed E-state index contributed by atoms with van der Waals surface area (Å²) in [5, 5.41) is 3.23. The van der Waals surface area contributed by atoms with Crippen LogP contribution in [-0.4, -0.2) is 9.97 Å². The Kier molecular flexibility index (Phi) is 3.00. The third kappa shape index (κ3) is 2.28. The summed E-state index contributed by atoms with van der Waals surface area (Å²) in [7, 11) is 0. The molecule has 4 heteroatoms. The van der Waals surface area contributed by atoms with Crippen molar-refractivity contribution in [2.24, 2.45) is 0 Å². The molecule has 1 aromatic carbocycles. The number of benzene rings is 1. The SMILES string of the molecule is CC(Nc1nccnc1N)c1ccccc1. The van der Waals surface area contributed by atoms with Gasteiger partial charge < -0.3 is 11.1 Å². The molecule has 0 aliphatic heterocycles. The maximum Gasteiger partial charge on any atom is 0.169 e. The topological polar surface area (TPSA) is 63.8 Å². The van der Waals surface area contributed by atoms with Crippen molar-refractivity contribution in [3.8, 4) is 0 Å². The van der Waals surface area contributed by atoms with Crippen molar-refractivity contribution in [3.05, 3.63) is 48.3 Å². The molecule has 2 rings (SSSR count). The lowest BCUT2D eigenvalue weighted by molar-refractivity contribution is 0.873. The van der Waals surface area contributed by atoms with Crippen LogP contribution in [0.25, 0.3) is 0 Å². The molecule has 0 amide bonds.